The van der Waals surface area contributed by atoms with E-state index in [1.165, 1.54) is 0 Å². The van der Waals surface area contributed by atoms with Gasteiger partial charge in [0.05, 0.1) is 6.61 Å². The molecular formula is C16H25ClN2O3. The summed E-state index contributed by atoms with van der Waals surface area (Å²) in [4.78, 5) is 14.5. The molecule has 1 heterocycles. The second-order valence-corrected chi connectivity index (χ2v) is 5.25. The van der Waals surface area contributed by atoms with Gasteiger partial charge in [0.2, 0.25) is 0 Å². The maximum absolute atomic E-state index is 12.6. The molecule has 1 saturated heterocycles. The Morgan fingerprint density at radius 3 is 2.95 bits per heavy atom. The molecule has 0 saturated carbocycles. The molecule has 0 aromatic heterocycles. The molecule has 1 amide bonds. The average molecular weight is 329 g/mol. The third-order valence-corrected chi connectivity index (χ3v) is 3.75. The number of nitrogens with one attached hydrogen (secondary N) is 1. The van der Waals surface area contributed by atoms with Crippen LogP contribution in [0, 0.1) is 0 Å². The smallest absolute Gasteiger partial charge is 0.254 e. The van der Waals surface area contributed by atoms with E-state index in [2.05, 4.69) is 5.32 Å². The standard InChI is InChI=1S/C16H24N2O3.ClH/c1-17-14-6-4-8-18(12-14)16(19)13-5-3-7-15(11-13)21-10-9-20-2;/h3,5,7,11,14,17H,4,6,8-10,12H2,1-2H3;1H. The van der Waals surface area contributed by atoms with Crippen LogP contribution in [0.3, 0.4) is 0 Å². The second kappa shape index (κ2) is 9.66. The van der Waals surface area contributed by atoms with Gasteiger partial charge < -0.3 is 19.7 Å². The van der Waals surface area contributed by atoms with Crippen LogP contribution in [0.4, 0.5) is 0 Å². The predicted molar refractivity (Wildman–Crippen MR) is 89.0 cm³/mol. The van der Waals surface area contributed by atoms with Gasteiger partial charge in [0, 0.05) is 31.8 Å². The van der Waals surface area contributed by atoms with E-state index in [1.807, 2.05) is 30.1 Å². The van der Waals surface area contributed by atoms with E-state index >= 15 is 0 Å². The molecule has 0 spiro atoms. The minimum absolute atomic E-state index is 0. The summed E-state index contributed by atoms with van der Waals surface area (Å²) < 4.78 is 10.5. The Labute approximate surface area is 138 Å². The van der Waals surface area contributed by atoms with Crippen LogP contribution < -0.4 is 10.1 Å². The van der Waals surface area contributed by atoms with Crippen molar-refractivity contribution in [1.29, 1.82) is 0 Å². The van der Waals surface area contributed by atoms with Gasteiger partial charge in [0.15, 0.2) is 0 Å². The Bertz CT molecular complexity index is 470. The van der Waals surface area contributed by atoms with Gasteiger partial charge in [0.1, 0.15) is 12.4 Å². The molecular weight excluding hydrogens is 304 g/mol. The molecule has 0 bridgehead atoms. The lowest BCUT2D eigenvalue weighted by Crippen LogP contribution is -2.46. The molecule has 0 aliphatic carbocycles. The number of ether oxygens (including phenoxy) is 2. The normalized spacial score (nSPS) is 17.7. The van der Waals surface area contributed by atoms with Crippen molar-refractivity contribution >= 4 is 18.3 Å². The Morgan fingerprint density at radius 2 is 2.23 bits per heavy atom. The first-order chi connectivity index (χ1) is 10.2. The monoisotopic (exact) mass is 328 g/mol. The molecule has 1 unspecified atom stereocenters. The first-order valence-electron chi connectivity index (χ1n) is 7.43. The number of hydrogen-bond acceptors (Lipinski definition) is 4. The molecule has 1 aromatic carbocycles. The number of carbonyl (C=O) groups is 1. The highest BCUT2D eigenvalue weighted by atomic mass is 35.5. The highest BCUT2D eigenvalue weighted by molar-refractivity contribution is 5.94. The molecule has 6 heteroatoms. The molecule has 1 N–H and O–H groups in total. The topological polar surface area (TPSA) is 50.8 Å². The lowest BCUT2D eigenvalue weighted by molar-refractivity contribution is 0.0697. The summed E-state index contributed by atoms with van der Waals surface area (Å²) in [7, 11) is 3.58. The fraction of sp³-hybridized carbons (Fsp3) is 0.562. The quantitative estimate of drug-likeness (QED) is 0.811. The van der Waals surface area contributed by atoms with Crippen molar-refractivity contribution in [3.8, 4) is 5.75 Å². The molecule has 22 heavy (non-hydrogen) atoms. The zero-order chi connectivity index (χ0) is 15.1. The van der Waals surface area contributed by atoms with E-state index < -0.39 is 0 Å². The van der Waals surface area contributed by atoms with Crippen molar-refractivity contribution < 1.29 is 14.3 Å². The largest absolute Gasteiger partial charge is 0.491 e. The number of likely N-dealkylation sites (N-methyl/N-ethyl adjacent to an activating group) is 1. The number of nitrogens with zero attached hydrogens (tertiary/aromatic N) is 1. The van der Waals surface area contributed by atoms with Crippen LogP contribution >= 0.6 is 12.4 Å². The van der Waals surface area contributed by atoms with E-state index in [4.69, 9.17) is 9.47 Å². The summed E-state index contributed by atoms with van der Waals surface area (Å²) in [6, 6.07) is 7.76. The van der Waals surface area contributed by atoms with Gasteiger partial charge in [-0.25, -0.2) is 0 Å². The van der Waals surface area contributed by atoms with E-state index in [9.17, 15) is 4.79 Å². The zero-order valence-corrected chi connectivity index (χ0v) is 14.0. The van der Waals surface area contributed by atoms with Crippen LogP contribution in [-0.2, 0) is 4.74 Å². The van der Waals surface area contributed by atoms with Crippen LogP contribution in [0.25, 0.3) is 0 Å². The Kier molecular flexibility index (Phi) is 8.24. The van der Waals surface area contributed by atoms with Crippen molar-refractivity contribution in [3.05, 3.63) is 29.8 Å². The molecule has 2 rings (SSSR count). The van der Waals surface area contributed by atoms with Crippen molar-refractivity contribution in [2.45, 2.75) is 18.9 Å². The van der Waals surface area contributed by atoms with Crippen LogP contribution in [-0.4, -0.2) is 57.3 Å². The molecule has 1 aromatic rings. The van der Waals surface area contributed by atoms with Gasteiger partial charge in [-0.15, -0.1) is 12.4 Å². The number of likely N-dealkylation sites (tertiary alicyclic amines) is 1. The van der Waals surface area contributed by atoms with Gasteiger partial charge in [-0.2, -0.15) is 0 Å². The van der Waals surface area contributed by atoms with Crippen LogP contribution in [0.2, 0.25) is 0 Å². The molecule has 1 aliphatic rings. The van der Waals surface area contributed by atoms with Crippen molar-refractivity contribution in [2.24, 2.45) is 0 Å². The molecule has 5 nitrogen and oxygen atoms in total. The first kappa shape index (κ1) is 18.7. The summed E-state index contributed by atoms with van der Waals surface area (Å²) in [6.07, 6.45) is 2.17. The number of piperidine rings is 1. The highest BCUT2D eigenvalue weighted by Gasteiger charge is 2.23. The highest BCUT2D eigenvalue weighted by Crippen LogP contribution is 2.18. The van der Waals surface area contributed by atoms with E-state index in [0.29, 0.717) is 30.6 Å². The lowest BCUT2D eigenvalue weighted by Gasteiger charge is -2.32. The molecule has 1 atom stereocenters. The maximum Gasteiger partial charge on any atom is 0.254 e. The SMILES string of the molecule is CNC1CCCN(C(=O)c2cccc(OCCOC)c2)C1.Cl. The molecule has 124 valence electrons. The third-order valence-electron chi connectivity index (χ3n) is 3.75. The van der Waals surface area contributed by atoms with Gasteiger partial charge in [-0.05, 0) is 38.1 Å². The maximum atomic E-state index is 12.6. The first-order valence-corrected chi connectivity index (χ1v) is 7.43. The Morgan fingerprint density at radius 1 is 1.41 bits per heavy atom. The molecule has 1 fully saturated rings. The molecule has 0 radical (unpaired) electrons. The third kappa shape index (κ3) is 5.16. The lowest BCUT2D eigenvalue weighted by atomic mass is 10.0. The van der Waals surface area contributed by atoms with E-state index in [0.717, 1.165) is 25.9 Å². The number of carbonyl (C=O) groups excluding carboxylic acids is 1. The Balaban J connectivity index is 0.00000242. The van der Waals surface area contributed by atoms with Gasteiger partial charge in [0.25, 0.3) is 5.91 Å². The van der Waals surface area contributed by atoms with E-state index in [1.54, 1.807) is 13.2 Å². The summed E-state index contributed by atoms with van der Waals surface area (Å²) in [6.45, 7) is 2.61. The van der Waals surface area contributed by atoms with Gasteiger partial charge in [-0.3, -0.25) is 4.79 Å². The summed E-state index contributed by atoms with van der Waals surface area (Å²) in [5, 5.41) is 3.25. The zero-order valence-electron chi connectivity index (χ0n) is 13.2. The van der Waals surface area contributed by atoms with Crippen molar-refractivity contribution in [3.63, 3.8) is 0 Å². The number of halogens is 1. The summed E-state index contributed by atoms with van der Waals surface area (Å²) >= 11 is 0. The fourth-order valence-corrected chi connectivity index (χ4v) is 2.54. The average Bonchev–Trinajstić information content (AvgIpc) is 2.55. The van der Waals surface area contributed by atoms with Crippen LogP contribution in [0.15, 0.2) is 24.3 Å². The van der Waals surface area contributed by atoms with Crippen LogP contribution in [0.5, 0.6) is 5.75 Å². The minimum atomic E-state index is 0. The van der Waals surface area contributed by atoms with Gasteiger partial charge in [-0.1, -0.05) is 6.07 Å². The number of benzene rings is 1. The summed E-state index contributed by atoms with van der Waals surface area (Å²) in [5.74, 6) is 0.784. The minimum Gasteiger partial charge on any atom is -0.491 e. The fourth-order valence-electron chi connectivity index (χ4n) is 2.54. The van der Waals surface area contributed by atoms with Gasteiger partial charge >= 0.3 is 0 Å². The number of rotatable bonds is 6. The van der Waals surface area contributed by atoms with E-state index in [-0.39, 0.29) is 18.3 Å². The predicted octanol–water partition coefficient (Wildman–Crippen LogP) is 1.96. The van der Waals surface area contributed by atoms with Crippen molar-refractivity contribution in [2.75, 3.05) is 40.5 Å². The molecule has 1 aliphatic heterocycles. The van der Waals surface area contributed by atoms with Crippen molar-refractivity contribution in [1.82, 2.24) is 10.2 Å². The number of amides is 1. The second-order valence-electron chi connectivity index (χ2n) is 5.25. The summed E-state index contributed by atoms with van der Waals surface area (Å²) in [5.41, 5.74) is 0.682. The number of methoxy groups -OCH3 is 1. The van der Waals surface area contributed by atoms with Crippen LogP contribution in [0.1, 0.15) is 23.2 Å². The Hall–Kier alpha value is -1.30. The number of hydrogen-bond donors (Lipinski definition) is 1.